The quantitative estimate of drug-likeness (QED) is 0.772. The van der Waals surface area contributed by atoms with Crippen molar-refractivity contribution in [2.45, 2.75) is 56.7 Å². The monoisotopic (exact) mass is 356 g/mol. The fraction of sp³-hybridized carbons (Fsp3) is 0.800. The number of hydrogen-bond acceptors (Lipinski definition) is 6. The summed E-state index contributed by atoms with van der Waals surface area (Å²) >= 11 is 1.29. The maximum Gasteiger partial charge on any atom is 0.344 e. The number of ether oxygens (including phenoxy) is 2. The Labute approximate surface area is 144 Å². The van der Waals surface area contributed by atoms with Crippen LogP contribution in [0.5, 0.6) is 0 Å². The number of thioether (sulfide) groups is 1. The van der Waals surface area contributed by atoms with E-state index in [4.69, 9.17) is 9.47 Å². The number of carbonyl (C=O) groups excluding carboxylic acids is 1. The van der Waals surface area contributed by atoms with Crippen LogP contribution < -0.4 is 5.69 Å². The average molecular weight is 356 g/mol. The molecule has 2 saturated heterocycles. The number of nitrogens with one attached hydrogen (secondary N) is 1. The molecular weight excluding hydrogens is 332 g/mol. The van der Waals surface area contributed by atoms with E-state index < -0.39 is 0 Å². The summed E-state index contributed by atoms with van der Waals surface area (Å²) in [5, 5.41) is 7.05. The van der Waals surface area contributed by atoms with E-state index in [1.54, 1.807) is 4.57 Å². The van der Waals surface area contributed by atoms with Crippen molar-refractivity contribution in [3.8, 4) is 0 Å². The van der Waals surface area contributed by atoms with Crippen molar-refractivity contribution in [1.82, 2.24) is 19.7 Å². The molecule has 0 bridgehead atoms. The summed E-state index contributed by atoms with van der Waals surface area (Å²) in [5.74, 6) is 0.302. The molecule has 3 heterocycles. The molecule has 0 saturated carbocycles. The highest BCUT2D eigenvalue weighted by atomic mass is 32.2. The normalized spacial score (nSPS) is 27.6. The SMILES string of the molecule is CC1CN(C(=O)CSc2n[nH]c(=O)n2CC2CCCO2)CC(C)O1. The number of hydrogen-bond donors (Lipinski definition) is 1. The van der Waals surface area contributed by atoms with E-state index in [2.05, 4.69) is 10.2 Å². The number of H-pyrrole nitrogens is 1. The van der Waals surface area contributed by atoms with Crippen molar-refractivity contribution in [2.24, 2.45) is 0 Å². The van der Waals surface area contributed by atoms with Gasteiger partial charge in [-0.05, 0) is 26.7 Å². The molecule has 0 aliphatic carbocycles. The highest BCUT2D eigenvalue weighted by molar-refractivity contribution is 7.99. The zero-order valence-corrected chi connectivity index (χ0v) is 14.9. The van der Waals surface area contributed by atoms with Gasteiger partial charge in [-0.2, -0.15) is 0 Å². The largest absolute Gasteiger partial charge is 0.376 e. The van der Waals surface area contributed by atoms with Crippen LogP contribution >= 0.6 is 11.8 Å². The number of aromatic nitrogens is 3. The Kier molecular flexibility index (Phi) is 5.62. The first-order chi connectivity index (χ1) is 11.5. The van der Waals surface area contributed by atoms with Crippen LogP contribution in [0.3, 0.4) is 0 Å². The van der Waals surface area contributed by atoms with E-state index in [9.17, 15) is 9.59 Å². The Morgan fingerprint density at radius 1 is 1.38 bits per heavy atom. The topological polar surface area (TPSA) is 89.5 Å². The zero-order chi connectivity index (χ0) is 17.1. The molecule has 0 spiro atoms. The molecule has 8 nitrogen and oxygen atoms in total. The van der Waals surface area contributed by atoms with Crippen LogP contribution in [0.25, 0.3) is 0 Å². The van der Waals surface area contributed by atoms with E-state index in [1.807, 2.05) is 18.7 Å². The van der Waals surface area contributed by atoms with Crippen molar-refractivity contribution in [3.63, 3.8) is 0 Å². The Hall–Kier alpha value is -1.32. The molecule has 0 radical (unpaired) electrons. The molecule has 0 aromatic carbocycles. The second kappa shape index (κ2) is 7.71. The maximum absolute atomic E-state index is 12.4. The third-order valence-electron chi connectivity index (χ3n) is 4.23. The van der Waals surface area contributed by atoms with Crippen LogP contribution in [0, 0.1) is 0 Å². The Balaban J connectivity index is 1.58. The predicted octanol–water partition coefficient (Wildman–Crippen LogP) is 0.478. The lowest BCUT2D eigenvalue weighted by molar-refractivity contribution is -0.140. The summed E-state index contributed by atoms with van der Waals surface area (Å²) in [6.07, 6.45) is 2.11. The van der Waals surface area contributed by atoms with Gasteiger partial charge in [0.25, 0.3) is 0 Å². The minimum Gasteiger partial charge on any atom is -0.376 e. The highest BCUT2D eigenvalue weighted by Gasteiger charge is 2.26. The minimum atomic E-state index is -0.255. The first-order valence-electron chi connectivity index (χ1n) is 8.35. The number of amides is 1. The smallest absolute Gasteiger partial charge is 0.344 e. The molecule has 2 aliphatic heterocycles. The van der Waals surface area contributed by atoms with Crippen molar-refractivity contribution >= 4 is 17.7 Å². The fourth-order valence-electron chi connectivity index (χ4n) is 3.17. The van der Waals surface area contributed by atoms with Crippen molar-refractivity contribution in [3.05, 3.63) is 10.5 Å². The number of carbonyl (C=O) groups is 1. The Bertz CT molecular complexity index is 615. The first-order valence-corrected chi connectivity index (χ1v) is 9.34. The fourth-order valence-corrected chi connectivity index (χ4v) is 4.02. The van der Waals surface area contributed by atoms with Gasteiger partial charge in [-0.3, -0.25) is 9.36 Å². The lowest BCUT2D eigenvalue weighted by Gasteiger charge is -2.35. The summed E-state index contributed by atoms with van der Waals surface area (Å²) in [7, 11) is 0. The summed E-state index contributed by atoms with van der Waals surface area (Å²) in [4.78, 5) is 26.2. The minimum absolute atomic E-state index is 0.0427. The van der Waals surface area contributed by atoms with Crippen LogP contribution in [-0.2, 0) is 20.8 Å². The van der Waals surface area contributed by atoms with E-state index >= 15 is 0 Å². The molecule has 9 heteroatoms. The third-order valence-corrected chi connectivity index (χ3v) is 5.19. The van der Waals surface area contributed by atoms with Gasteiger partial charge in [0.2, 0.25) is 5.91 Å². The molecule has 1 amide bonds. The van der Waals surface area contributed by atoms with Crippen LogP contribution in [-0.4, -0.2) is 69.3 Å². The van der Waals surface area contributed by atoms with Gasteiger partial charge in [0.05, 0.1) is 30.6 Å². The second-order valence-electron chi connectivity index (χ2n) is 6.40. The lowest BCUT2D eigenvalue weighted by Crippen LogP contribution is -2.48. The molecule has 1 aromatic rings. The molecular formula is C15H24N4O4S. The maximum atomic E-state index is 12.4. The molecule has 24 heavy (non-hydrogen) atoms. The molecule has 134 valence electrons. The zero-order valence-electron chi connectivity index (χ0n) is 14.1. The number of morpholine rings is 1. The summed E-state index contributed by atoms with van der Waals surface area (Å²) < 4.78 is 12.8. The van der Waals surface area contributed by atoms with Crippen LogP contribution in [0.2, 0.25) is 0 Å². The summed E-state index contributed by atoms with van der Waals surface area (Å²) in [6, 6.07) is 0. The van der Waals surface area contributed by atoms with E-state index in [0.717, 1.165) is 19.4 Å². The highest BCUT2D eigenvalue weighted by Crippen LogP contribution is 2.19. The van der Waals surface area contributed by atoms with E-state index in [-0.39, 0.29) is 35.7 Å². The number of nitrogens with zero attached hydrogens (tertiary/aromatic N) is 3. The third kappa shape index (κ3) is 4.20. The van der Waals surface area contributed by atoms with Gasteiger partial charge in [0.1, 0.15) is 0 Å². The van der Waals surface area contributed by atoms with Crippen LogP contribution in [0.15, 0.2) is 9.95 Å². The molecule has 3 atom stereocenters. The molecule has 2 aliphatic rings. The Morgan fingerprint density at radius 2 is 2.12 bits per heavy atom. The standard InChI is InChI=1S/C15H24N4O4S/c1-10-6-18(7-11(2)23-10)13(20)9-24-15-17-16-14(21)19(15)8-12-4-3-5-22-12/h10-12H,3-9H2,1-2H3,(H,16,21). The summed E-state index contributed by atoms with van der Waals surface area (Å²) in [5.41, 5.74) is -0.255. The van der Waals surface area contributed by atoms with Gasteiger partial charge in [0, 0.05) is 19.7 Å². The van der Waals surface area contributed by atoms with Gasteiger partial charge in [-0.1, -0.05) is 11.8 Å². The van der Waals surface area contributed by atoms with Gasteiger partial charge < -0.3 is 14.4 Å². The van der Waals surface area contributed by atoms with E-state index in [1.165, 1.54) is 11.8 Å². The van der Waals surface area contributed by atoms with Crippen LogP contribution in [0.4, 0.5) is 0 Å². The molecule has 3 rings (SSSR count). The van der Waals surface area contributed by atoms with Crippen molar-refractivity contribution in [2.75, 3.05) is 25.4 Å². The first kappa shape index (κ1) is 17.5. The molecule has 1 aromatic heterocycles. The molecule has 3 unspecified atom stereocenters. The number of rotatable bonds is 5. The number of aromatic amines is 1. The molecule has 1 N–H and O–H groups in total. The summed E-state index contributed by atoms with van der Waals surface area (Å²) in [6.45, 7) is 6.37. The Morgan fingerprint density at radius 3 is 2.79 bits per heavy atom. The molecule has 2 fully saturated rings. The second-order valence-corrected chi connectivity index (χ2v) is 7.34. The predicted molar refractivity (Wildman–Crippen MR) is 89.1 cm³/mol. The lowest BCUT2D eigenvalue weighted by atomic mass is 10.2. The van der Waals surface area contributed by atoms with Crippen molar-refractivity contribution < 1.29 is 14.3 Å². The van der Waals surface area contributed by atoms with Gasteiger partial charge in [-0.15, -0.1) is 5.10 Å². The van der Waals surface area contributed by atoms with Gasteiger partial charge in [0.15, 0.2) is 5.16 Å². The van der Waals surface area contributed by atoms with Gasteiger partial charge >= 0.3 is 5.69 Å². The van der Waals surface area contributed by atoms with Crippen LogP contribution in [0.1, 0.15) is 26.7 Å². The average Bonchev–Trinajstić information content (AvgIpc) is 3.16. The van der Waals surface area contributed by atoms with E-state index in [0.29, 0.717) is 24.8 Å². The van der Waals surface area contributed by atoms with Gasteiger partial charge in [-0.25, -0.2) is 9.89 Å². The van der Waals surface area contributed by atoms with Crippen molar-refractivity contribution in [1.29, 1.82) is 0 Å².